The van der Waals surface area contributed by atoms with Crippen LogP contribution >= 0.6 is 15.9 Å². The molecule has 2 N–H and O–H groups in total. The molecule has 0 fully saturated rings. The third kappa shape index (κ3) is 4.75. The highest BCUT2D eigenvalue weighted by atomic mass is 79.9. The maximum absolute atomic E-state index is 12.6. The van der Waals surface area contributed by atoms with Gasteiger partial charge in [0.2, 0.25) is 0 Å². The highest BCUT2D eigenvalue weighted by Gasteiger charge is 2.16. The van der Waals surface area contributed by atoms with Crippen LogP contribution < -0.4 is 10.0 Å². The minimum absolute atomic E-state index is 0.0194. The minimum atomic E-state index is -3.79. The first-order valence-corrected chi connectivity index (χ1v) is 10.4. The smallest absolute Gasteiger partial charge is 0.261 e. The summed E-state index contributed by atoms with van der Waals surface area (Å²) in [4.78, 5) is 12.5. The number of anilines is 2. The van der Waals surface area contributed by atoms with Crippen LogP contribution in [-0.2, 0) is 10.0 Å². The fourth-order valence-corrected chi connectivity index (χ4v) is 3.80. The van der Waals surface area contributed by atoms with Gasteiger partial charge in [0, 0.05) is 21.4 Å². The van der Waals surface area contributed by atoms with Gasteiger partial charge in [-0.2, -0.15) is 0 Å². The van der Waals surface area contributed by atoms with Crippen molar-refractivity contribution in [3.63, 3.8) is 0 Å². The van der Waals surface area contributed by atoms with Gasteiger partial charge in [0.05, 0.1) is 4.90 Å². The van der Waals surface area contributed by atoms with Crippen LogP contribution in [0.2, 0.25) is 0 Å². The van der Waals surface area contributed by atoms with E-state index in [-0.39, 0.29) is 16.4 Å². The van der Waals surface area contributed by atoms with E-state index < -0.39 is 10.0 Å². The van der Waals surface area contributed by atoms with Gasteiger partial charge in [0.1, 0.15) is 0 Å². The molecule has 0 heterocycles. The van der Waals surface area contributed by atoms with Crippen molar-refractivity contribution in [1.82, 2.24) is 0 Å². The van der Waals surface area contributed by atoms with Gasteiger partial charge < -0.3 is 5.32 Å². The van der Waals surface area contributed by atoms with Crippen molar-refractivity contribution >= 4 is 43.2 Å². The van der Waals surface area contributed by atoms with Gasteiger partial charge in [0.15, 0.2) is 0 Å². The molecule has 0 saturated heterocycles. The lowest BCUT2D eigenvalue weighted by atomic mass is 10.2. The molecule has 138 valence electrons. The Morgan fingerprint density at radius 1 is 0.889 bits per heavy atom. The van der Waals surface area contributed by atoms with E-state index in [4.69, 9.17) is 0 Å². The van der Waals surface area contributed by atoms with Crippen LogP contribution in [-0.4, -0.2) is 14.3 Å². The van der Waals surface area contributed by atoms with Gasteiger partial charge >= 0.3 is 0 Å². The molecule has 0 aliphatic carbocycles. The van der Waals surface area contributed by atoms with Crippen molar-refractivity contribution in [2.24, 2.45) is 0 Å². The maximum atomic E-state index is 12.6. The summed E-state index contributed by atoms with van der Waals surface area (Å²) in [6, 6.07) is 20.0. The Morgan fingerprint density at radius 2 is 1.63 bits per heavy atom. The van der Waals surface area contributed by atoms with Crippen LogP contribution in [0.3, 0.4) is 0 Å². The molecule has 7 heteroatoms. The van der Waals surface area contributed by atoms with Gasteiger partial charge in [-0.25, -0.2) is 8.42 Å². The van der Waals surface area contributed by atoms with E-state index >= 15 is 0 Å². The molecular weight excluding hydrogens is 428 g/mol. The topological polar surface area (TPSA) is 75.3 Å². The van der Waals surface area contributed by atoms with Crippen LogP contribution in [0.4, 0.5) is 11.4 Å². The Morgan fingerprint density at radius 3 is 2.33 bits per heavy atom. The molecule has 1 amide bonds. The predicted molar refractivity (Wildman–Crippen MR) is 111 cm³/mol. The number of para-hydroxylation sites is 1. The highest BCUT2D eigenvalue weighted by molar-refractivity contribution is 9.10. The van der Waals surface area contributed by atoms with Gasteiger partial charge in [-0.1, -0.05) is 40.2 Å². The van der Waals surface area contributed by atoms with E-state index in [1.807, 2.05) is 19.1 Å². The molecule has 0 atom stereocenters. The molecular formula is C20H17BrN2O3S. The zero-order chi connectivity index (χ0) is 19.4. The van der Waals surface area contributed by atoms with E-state index in [0.717, 1.165) is 10.0 Å². The Kier molecular flexibility index (Phi) is 5.62. The number of carbonyl (C=O) groups excluding carboxylic acids is 1. The summed E-state index contributed by atoms with van der Waals surface area (Å²) in [5, 5.41) is 2.78. The highest BCUT2D eigenvalue weighted by Crippen LogP contribution is 2.21. The third-order valence-corrected chi connectivity index (χ3v) is 6.12. The van der Waals surface area contributed by atoms with Crippen LogP contribution in [0.5, 0.6) is 0 Å². The second-order valence-electron chi connectivity index (χ2n) is 5.92. The van der Waals surface area contributed by atoms with Crippen molar-refractivity contribution in [3.05, 3.63) is 88.4 Å². The van der Waals surface area contributed by atoms with Gasteiger partial charge in [-0.15, -0.1) is 0 Å². The quantitative estimate of drug-likeness (QED) is 0.592. The number of nitrogens with one attached hydrogen (secondary N) is 2. The average Bonchev–Trinajstić information content (AvgIpc) is 2.65. The number of sulfonamides is 1. The normalized spacial score (nSPS) is 11.0. The number of hydrogen-bond acceptors (Lipinski definition) is 3. The van der Waals surface area contributed by atoms with Gasteiger partial charge in [-0.05, 0) is 61.0 Å². The van der Waals surface area contributed by atoms with Crippen molar-refractivity contribution in [1.29, 1.82) is 0 Å². The summed E-state index contributed by atoms with van der Waals surface area (Å²) < 4.78 is 28.6. The number of benzene rings is 3. The van der Waals surface area contributed by atoms with Crippen molar-refractivity contribution in [2.75, 3.05) is 10.0 Å². The summed E-state index contributed by atoms with van der Waals surface area (Å²) in [6.45, 7) is 1.92. The molecule has 0 spiro atoms. The number of rotatable bonds is 5. The van der Waals surface area contributed by atoms with Crippen LogP contribution in [0.1, 0.15) is 15.9 Å². The van der Waals surface area contributed by atoms with E-state index in [0.29, 0.717) is 11.4 Å². The molecule has 27 heavy (non-hydrogen) atoms. The molecule has 3 rings (SSSR count). The Balaban J connectivity index is 1.82. The molecule has 0 saturated carbocycles. The zero-order valence-electron chi connectivity index (χ0n) is 14.4. The molecule has 0 radical (unpaired) electrons. The monoisotopic (exact) mass is 444 g/mol. The van der Waals surface area contributed by atoms with Crippen LogP contribution in [0.25, 0.3) is 0 Å². The van der Waals surface area contributed by atoms with Crippen LogP contribution in [0, 0.1) is 6.92 Å². The Hall–Kier alpha value is -2.64. The standard InChI is InChI=1S/C20H17BrN2O3S/c1-14-12-17(10-11-19(14)21)22-20(24)15-6-5-9-18(13-15)27(25,26)23-16-7-3-2-4-8-16/h2-13,23H,1H3,(H,22,24). The number of aryl methyl sites for hydroxylation is 1. The molecule has 0 aliphatic heterocycles. The maximum Gasteiger partial charge on any atom is 0.261 e. The third-order valence-electron chi connectivity index (χ3n) is 3.85. The first-order chi connectivity index (χ1) is 12.8. The van der Waals surface area contributed by atoms with E-state index in [9.17, 15) is 13.2 Å². The summed E-state index contributed by atoms with van der Waals surface area (Å²) in [5.74, 6) is -0.381. The first kappa shape index (κ1) is 19.1. The van der Waals surface area contributed by atoms with Crippen LogP contribution in [0.15, 0.2) is 82.2 Å². The SMILES string of the molecule is Cc1cc(NC(=O)c2cccc(S(=O)(=O)Nc3ccccc3)c2)ccc1Br. The van der Waals surface area contributed by atoms with Gasteiger partial charge in [0.25, 0.3) is 15.9 Å². The Labute approximate surface area is 166 Å². The van der Waals surface area contributed by atoms with Crippen molar-refractivity contribution in [3.8, 4) is 0 Å². The first-order valence-electron chi connectivity index (χ1n) is 8.10. The predicted octanol–water partition coefficient (Wildman–Crippen LogP) is 4.81. The molecule has 0 aromatic heterocycles. The summed E-state index contributed by atoms with van der Waals surface area (Å²) in [6.07, 6.45) is 0. The number of carbonyl (C=O) groups is 1. The molecule has 5 nitrogen and oxygen atoms in total. The van der Waals surface area contributed by atoms with E-state index in [1.165, 1.54) is 12.1 Å². The number of amides is 1. The second-order valence-corrected chi connectivity index (χ2v) is 8.45. The van der Waals surface area contributed by atoms with Crippen molar-refractivity contribution < 1.29 is 13.2 Å². The van der Waals surface area contributed by atoms with Crippen molar-refractivity contribution in [2.45, 2.75) is 11.8 Å². The summed E-state index contributed by atoms with van der Waals surface area (Å²) in [5.41, 5.74) is 2.33. The lowest BCUT2D eigenvalue weighted by Gasteiger charge is -2.10. The van der Waals surface area contributed by atoms with Gasteiger partial charge in [-0.3, -0.25) is 9.52 Å². The van der Waals surface area contributed by atoms with E-state index in [2.05, 4.69) is 26.0 Å². The molecule has 3 aromatic carbocycles. The average molecular weight is 445 g/mol. The molecule has 0 bridgehead atoms. The lowest BCUT2D eigenvalue weighted by molar-refractivity contribution is 0.102. The zero-order valence-corrected chi connectivity index (χ0v) is 16.8. The fraction of sp³-hybridized carbons (Fsp3) is 0.0500. The number of hydrogen-bond donors (Lipinski definition) is 2. The molecule has 0 aliphatic rings. The number of halogens is 1. The Bertz CT molecular complexity index is 1080. The van der Waals surface area contributed by atoms with E-state index in [1.54, 1.807) is 48.5 Å². The molecule has 3 aromatic rings. The molecule has 0 unspecified atom stereocenters. The largest absolute Gasteiger partial charge is 0.322 e. The summed E-state index contributed by atoms with van der Waals surface area (Å²) in [7, 11) is -3.79. The minimum Gasteiger partial charge on any atom is -0.322 e. The summed E-state index contributed by atoms with van der Waals surface area (Å²) >= 11 is 3.41. The second kappa shape index (κ2) is 7.94. The lowest BCUT2D eigenvalue weighted by Crippen LogP contribution is -2.16. The fourth-order valence-electron chi connectivity index (χ4n) is 2.45.